The Bertz CT molecular complexity index is 295. The lowest BCUT2D eigenvalue weighted by molar-refractivity contribution is 0.0653. The average Bonchev–Trinajstić information content (AvgIpc) is 2.61. The van der Waals surface area contributed by atoms with Gasteiger partial charge < -0.3 is 14.8 Å². The van der Waals surface area contributed by atoms with Crippen molar-refractivity contribution in [2.24, 2.45) is 0 Å². The number of fused-ring (bicyclic) bond motifs is 2. The zero-order valence-corrected chi connectivity index (χ0v) is 7.19. The molecule has 0 saturated carbocycles. The standard InChI is InChI=1S/C10H11NO2/c1-2-4-8-7(3-1)11-10-9(13-8)5-6-12-10/h1-4,9-11H,5-6H2. The van der Waals surface area contributed by atoms with Crippen LogP contribution < -0.4 is 10.1 Å². The molecule has 1 saturated heterocycles. The summed E-state index contributed by atoms with van der Waals surface area (Å²) < 4.78 is 11.2. The zero-order valence-electron chi connectivity index (χ0n) is 7.19. The van der Waals surface area contributed by atoms with Crippen LogP contribution in [0, 0.1) is 0 Å². The lowest BCUT2D eigenvalue weighted by Gasteiger charge is -2.29. The van der Waals surface area contributed by atoms with Crippen molar-refractivity contribution < 1.29 is 9.47 Å². The van der Waals surface area contributed by atoms with Crippen molar-refractivity contribution >= 4 is 5.69 Å². The zero-order chi connectivity index (χ0) is 8.67. The predicted octanol–water partition coefficient (Wildman–Crippen LogP) is 1.61. The molecule has 2 unspecified atom stereocenters. The van der Waals surface area contributed by atoms with Gasteiger partial charge in [0.15, 0.2) is 6.23 Å². The second-order valence-corrected chi connectivity index (χ2v) is 3.38. The fourth-order valence-corrected chi connectivity index (χ4v) is 1.83. The topological polar surface area (TPSA) is 30.5 Å². The molecule has 0 aliphatic carbocycles. The number of nitrogens with one attached hydrogen (secondary N) is 1. The third-order valence-corrected chi connectivity index (χ3v) is 2.50. The van der Waals surface area contributed by atoms with Gasteiger partial charge >= 0.3 is 0 Å². The monoisotopic (exact) mass is 177 g/mol. The van der Waals surface area contributed by atoms with E-state index in [-0.39, 0.29) is 12.3 Å². The van der Waals surface area contributed by atoms with Crippen LogP contribution in [0.4, 0.5) is 5.69 Å². The van der Waals surface area contributed by atoms with E-state index >= 15 is 0 Å². The molecule has 2 aliphatic rings. The van der Waals surface area contributed by atoms with Crippen molar-refractivity contribution in [1.29, 1.82) is 0 Å². The average molecular weight is 177 g/mol. The highest BCUT2D eigenvalue weighted by molar-refractivity contribution is 5.58. The maximum absolute atomic E-state index is 5.77. The fraction of sp³-hybridized carbons (Fsp3) is 0.400. The molecule has 13 heavy (non-hydrogen) atoms. The molecule has 0 spiro atoms. The molecule has 2 atom stereocenters. The molecule has 68 valence electrons. The van der Waals surface area contributed by atoms with Gasteiger partial charge in [-0.2, -0.15) is 0 Å². The Kier molecular flexibility index (Phi) is 1.46. The first kappa shape index (κ1) is 7.21. The van der Waals surface area contributed by atoms with Gasteiger partial charge in [0.05, 0.1) is 12.3 Å². The Morgan fingerprint density at radius 1 is 1.31 bits per heavy atom. The lowest BCUT2D eigenvalue weighted by Crippen LogP contribution is -2.37. The van der Waals surface area contributed by atoms with Crippen molar-refractivity contribution in [1.82, 2.24) is 0 Å². The van der Waals surface area contributed by atoms with E-state index in [2.05, 4.69) is 5.32 Å². The number of anilines is 1. The Balaban J connectivity index is 1.97. The highest BCUT2D eigenvalue weighted by Gasteiger charge is 2.34. The molecule has 2 aliphatic heterocycles. The van der Waals surface area contributed by atoms with Crippen molar-refractivity contribution in [3.63, 3.8) is 0 Å². The van der Waals surface area contributed by atoms with E-state index in [1.54, 1.807) is 0 Å². The number of benzene rings is 1. The third-order valence-electron chi connectivity index (χ3n) is 2.50. The highest BCUT2D eigenvalue weighted by Crippen LogP contribution is 2.34. The molecule has 3 rings (SSSR count). The van der Waals surface area contributed by atoms with Gasteiger partial charge in [-0.3, -0.25) is 0 Å². The van der Waals surface area contributed by atoms with Gasteiger partial charge in [0.2, 0.25) is 0 Å². The van der Waals surface area contributed by atoms with Gasteiger partial charge in [0.25, 0.3) is 0 Å². The molecule has 2 heterocycles. The Labute approximate surface area is 76.7 Å². The fourth-order valence-electron chi connectivity index (χ4n) is 1.83. The Morgan fingerprint density at radius 3 is 3.23 bits per heavy atom. The molecule has 0 amide bonds. The van der Waals surface area contributed by atoms with Gasteiger partial charge in [0.1, 0.15) is 11.9 Å². The maximum Gasteiger partial charge on any atom is 0.165 e. The molecule has 0 radical (unpaired) electrons. The molecule has 0 aromatic heterocycles. The summed E-state index contributed by atoms with van der Waals surface area (Å²) in [6, 6.07) is 7.96. The van der Waals surface area contributed by atoms with Gasteiger partial charge in [0, 0.05) is 6.42 Å². The van der Waals surface area contributed by atoms with Crippen LogP contribution >= 0.6 is 0 Å². The van der Waals surface area contributed by atoms with Crippen molar-refractivity contribution in [2.45, 2.75) is 18.8 Å². The molecular formula is C10H11NO2. The van der Waals surface area contributed by atoms with E-state index in [1.165, 1.54) is 0 Å². The predicted molar refractivity (Wildman–Crippen MR) is 48.8 cm³/mol. The summed E-state index contributed by atoms with van der Waals surface area (Å²) in [5, 5.41) is 3.31. The first-order chi connectivity index (χ1) is 6.43. The first-order valence-corrected chi connectivity index (χ1v) is 4.57. The molecule has 1 fully saturated rings. The SMILES string of the molecule is c1ccc2c(c1)NC1OCCC1O2. The van der Waals surface area contributed by atoms with Crippen molar-refractivity contribution in [3.05, 3.63) is 24.3 Å². The van der Waals surface area contributed by atoms with Crippen LogP contribution in [0.5, 0.6) is 5.75 Å². The summed E-state index contributed by atoms with van der Waals surface area (Å²) in [4.78, 5) is 0. The second-order valence-electron chi connectivity index (χ2n) is 3.38. The summed E-state index contributed by atoms with van der Waals surface area (Å²) >= 11 is 0. The first-order valence-electron chi connectivity index (χ1n) is 4.57. The summed E-state index contributed by atoms with van der Waals surface area (Å²) in [6.45, 7) is 0.788. The van der Waals surface area contributed by atoms with E-state index in [9.17, 15) is 0 Å². The van der Waals surface area contributed by atoms with Gasteiger partial charge in [-0.05, 0) is 12.1 Å². The smallest absolute Gasteiger partial charge is 0.165 e. The lowest BCUT2D eigenvalue weighted by atomic mass is 10.2. The number of ether oxygens (including phenoxy) is 2. The Morgan fingerprint density at radius 2 is 2.23 bits per heavy atom. The number of hydrogen-bond acceptors (Lipinski definition) is 3. The number of hydrogen-bond donors (Lipinski definition) is 1. The van der Waals surface area contributed by atoms with Crippen LogP contribution in [0.15, 0.2) is 24.3 Å². The quantitative estimate of drug-likeness (QED) is 0.653. The van der Waals surface area contributed by atoms with Crippen molar-refractivity contribution in [2.75, 3.05) is 11.9 Å². The summed E-state index contributed by atoms with van der Waals surface area (Å²) in [7, 11) is 0. The van der Waals surface area contributed by atoms with Gasteiger partial charge in [-0.1, -0.05) is 12.1 Å². The van der Waals surface area contributed by atoms with Gasteiger partial charge in [-0.15, -0.1) is 0 Å². The van der Waals surface area contributed by atoms with Crippen LogP contribution in [0.3, 0.4) is 0 Å². The molecular weight excluding hydrogens is 166 g/mol. The molecule has 1 aromatic rings. The highest BCUT2D eigenvalue weighted by atomic mass is 16.6. The van der Waals surface area contributed by atoms with E-state index in [0.29, 0.717) is 0 Å². The summed E-state index contributed by atoms with van der Waals surface area (Å²) in [5.41, 5.74) is 1.03. The minimum atomic E-state index is 0.0508. The largest absolute Gasteiger partial charge is 0.483 e. The minimum absolute atomic E-state index is 0.0508. The summed E-state index contributed by atoms with van der Waals surface area (Å²) in [6.07, 6.45) is 1.22. The van der Waals surface area contributed by atoms with Crippen LogP contribution in [0.2, 0.25) is 0 Å². The molecule has 3 nitrogen and oxygen atoms in total. The molecule has 0 bridgehead atoms. The van der Waals surface area contributed by atoms with Crippen molar-refractivity contribution in [3.8, 4) is 5.75 Å². The third kappa shape index (κ3) is 1.08. The van der Waals surface area contributed by atoms with Crippen LogP contribution in [-0.4, -0.2) is 18.9 Å². The van der Waals surface area contributed by atoms with Crippen LogP contribution in [0.1, 0.15) is 6.42 Å². The van der Waals surface area contributed by atoms with Crippen LogP contribution in [0.25, 0.3) is 0 Å². The maximum atomic E-state index is 5.77. The molecule has 3 heteroatoms. The summed E-state index contributed by atoms with van der Waals surface area (Å²) in [5.74, 6) is 0.939. The number of rotatable bonds is 0. The molecule has 1 N–H and O–H groups in total. The van der Waals surface area contributed by atoms with Gasteiger partial charge in [-0.25, -0.2) is 0 Å². The van der Waals surface area contributed by atoms with E-state index in [0.717, 1.165) is 24.5 Å². The molecule has 1 aromatic carbocycles. The normalized spacial score (nSPS) is 29.8. The minimum Gasteiger partial charge on any atom is -0.483 e. The number of para-hydroxylation sites is 2. The van der Waals surface area contributed by atoms with Crippen LogP contribution in [-0.2, 0) is 4.74 Å². The van der Waals surface area contributed by atoms with E-state index in [1.807, 2.05) is 24.3 Å². The van der Waals surface area contributed by atoms with E-state index < -0.39 is 0 Å². The Hall–Kier alpha value is -1.22. The second kappa shape index (κ2) is 2.64. The van der Waals surface area contributed by atoms with E-state index in [4.69, 9.17) is 9.47 Å².